The highest BCUT2D eigenvalue weighted by molar-refractivity contribution is 7.13. The van der Waals surface area contributed by atoms with Crippen LogP contribution in [-0.2, 0) is 11.0 Å². The van der Waals surface area contributed by atoms with Crippen molar-refractivity contribution in [1.82, 2.24) is 0 Å². The van der Waals surface area contributed by atoms with Crippen LogP contribution in [0.5, 0.6) is 11.5 Å². The molecular weight excluding hydrogens is 420 g/mol. The van der Waals surface area contributed by atoms with Gasteiger partial charge in [-0.05, 0) is 41.8 Å². The molecule has 2 aromatic carbocycles. The largest absolute Gasteiger partial charge is 0.496 e. The van der Waals surface area contributed by atoms with E-state index < -0.39 is 28.7 Å². The van der Waals surface area contributed by atoms with Crippen molar-refractivity contribution >= 4 is 29.3 Å². The number of thiophene rings is 1. The number of rotatable bonds is 6. The number of hydrogen-bond donors (Lipinski definition) is 0. The van der Waals surface area contributed by atoms with E-state index in [1.165, 1.54) is 25.6 Å². The van der Waals surface area contributed by atoms with Gasteiger partial charge in [-0.3, -0.25) is 4.79 Å². The van der Waals surface area contributed by atoms with Crippen LogP contribution in [0.2, 0.25) is 0 Å². The Bertz CT molecular complexity index is 1090. The number of allylic oxidation sites excluding steroid dienone is 1. The SMILES string of the molecule is COc1ccc(-c2cccs2)c(OC)c1/C=C(\C=O)c1c(F)cccc1C(F)(F)F. The maximum absolute atomic E-state index is 14.4. The summed E-state index contributed by atoms with van der Waals surface area (Å²) in [4.78, 5) is 12.6. The summed E-state index contributed by atoms with van der Waals surface area (Å²) < 4.78 is 65.6. The minimum atomic E-state index is -4.84. The maximum Gasteiger partial charge on any atom is 0.417 e. The molecule has 0 fully saturated rings. The summed E-state index contributed by atoms with van der Waals surface area (Å²) in [6, 6.07) is 9.59. The molecule has 3 rings (SSSR count). The van der Waals surface area contributed by atoms with Crippen LogP contribution in [0, 0.1) is 5.82 Å². The van der Waals surface area contributed by atoms with Crippen LogP contribution in [0.4, 0.5) is 17.6 Å². The molecule has 0 aliphatic heterocycles. The van der Waals surface area contributed by atoms with E-state index in [2.05, 4.69) is 0 Å². The van der Waals surface area contributed by atoms with Gasteiger partial charge in [0.05, 0.1) is 25.3 Å². The number of alkyl halides is 3. The number of hydrogen-bond acceptors (Lipinski definition) is 4. The number of aldehydes is 1. The van der Waals surface area contributed by atoms with Gasteiger partial charge in [0.25, 0.3) is 0 Å². The second kappa shape index (κ2) is 8.71. The zero-order valence-corrected chi connectivity index (χ0v) is 16.7. The van der Waals surface area contributed by atoms with Crippen LogP contribution >= 0.6 is 11.3 Å². The average molecular weight is 436 g/mol. The first-order valence-electron chi connectivity index (χ1n) is 8.63. The molecule has 0 bridgehead atoms. The van der Waals surface area contributed by atoms with E-state index in [-0.39, 0.29) is 17.6 Å². The molecule has 3 aromatic rings. The van der Waals surface area contributed by atoms with E-state index in [9.17, 15) is 22.4 Å². The fourth-order valence-corrected chi connectivity index (χ4v) is 3.86. The first-order valence-corrected chi connectivity index (χ1v) is 9.51. The van der Waals surface area contributed by atoms with Gasteiger partial charge in [0.2, 0.25) is 0 Å². The molecule has 1 heterocycles. The topological polar surface area (TPSA) is 35.5 Å². The lowest BCUT2D eigenvalue weighted by atomic mass is 9.96. The molecule has 30 heavy (non-hydrogen) atoms. The average Bonchev–Trinajstić information content (AvgIpc) is 3.25. The molecule has 0 N–H and O–H groups in total. The van der Waals surface area contributed by atoms with Crippen molar-refractivity contribution in [2.75, 3.05) is 14.2 Å². The third-order valence-corrected chi connectivity index (χ3v) is 5.30. The van der Waals surface area contributed by atoms with Gasteiger partial charge in [0.15, 0.2) is 6.29 Å². The van der Waals surface area contributed by atoms with Gasteiger partial charge in [-0.2, -0.15) is 13.2 Å². The summed E-state index contributed by atoms with van der Waals surface area (Å²) in [6.45, 7) is 0. The second-order valence-electron chi connectivity index (χ2n) is 6.12. The molecule has 0 radical (unpaired) electrons. The summed E-state index contributed by atoms with van der Waals surface area (Å²) >= 11 is 1.44. The smallest absolute Gasteiger partial charge is 0.417 e. The van der Waals surface area contributed by atoms with Crippen molar-refractivity contribution < 1.29 is 31.8 Å². The Hall–Kier alpha value is -3.13. The molecule has 0 amide bonds. The van der Waals surface area contributed by atoms with Crippen molar-refractivity contribution in [2.24, 2.45) is 0 Å². The van der Waals surface area contributed by atoms with Crippen molar-refractivity contribution in [3.63, 3.8) is 0 Å². The van der Waals surface area contributed by atoms with E-state index in [0.29, 0.717) is 11.3 Å². The van der Waals surface area contributed by atoms with Gasteiger partial charge >= 0.3 is 6.18 Å². The van der Waals surface area contributed by atoms with Crippen LogP contribution in [0.25, 0.3) is 22.1 Å². The van der Waals surface area contributed by atoms with Gasteiger partial charge in [-0.15, -0.1) is 11.3 Å². The van der Waals surface area contributed by atoms with E-state index in [4.69, 9.17) is 9.47 Å². The van der Waals surface area contributed by atoms with Gasteiger partial charge in [-0.25, -0.2) is 4.39 Å². The van der Waals surface area contributed by atoms with Crippen LogP contribution in [0.15, 0.2) is 47.8 Å². The molecule has 0 unspecified atom stereocenters. The van der Waals surface area contributed by atoms with Crippen LogP contribution in [0.1, 0.15) is 16.7 Å². The van der Waals surface area contributed by atoms with Crippen LogP contribution in [-0.4, -0.2) is 20.5 Å². The molecule has 3 nitrogen and oxygen atoms in total. The Balaban J connectivity index is 2.31. The van der Waals surface area contributed by atoms with Gasteiger partial charge < -0.3 is 9.47 Å². The molecule has 156 valence electrons. The maximum atomic E-state index is 14.4. The summed E-state index contributed by atoms with van der Waals surface area (Å²) in [7, 11) is 2.77. The zero-order valence-electron chi connectivity index (χ0n) is 15.9. The van der Waals surface area contributed by atoms with Crippen molar-refractivity contribution in [2.45, 2.75) is 6.18 Å². The van der Waals surface area contributed by atoms with E-state index in [0.717, 1.165) is 29.2 Å². The fourth-order valence-electron chi connectivity index (χ4n) is 3.12. The molecule has 0 aliphatic rings. The number of benzene rings is 2. The Morgan fingerprint density at radius 3 is 2.37 bits per heavy atom. The van der Waals surface area contributed by atoms with Crippen molar-refractivity contribution in [3.05, 3.63) is 70.4 Å². The molecule has 1 aromatic heterocycles. The molecule has 0 spiro atoms. The van der Waals surface area contributed by atoms with E-state index >= 15 is 0 Å². The monoisotopic (exact) mass is 436 g/mol. The number of ether oxygens (including phenoxy) is 2. The second-order valence-corrected chi connectivity index (χ2v) is 7.06. The normalized spacial score (nSPS) is 12.0. The van der Waals surface area contributed by atoms with E-state index in [1.807, 2.05) is 17.5 Å². The van der Waals surface area contributed by atoms with Gasteiger partial charge in [0, 0.05) is 21.6 Å². The quantitative estimate of drug-likeness (QED) is 0.196. The Morgan fingerprint density at radius 1 is 1.03 bits per heavy atom. The minimum Gasteiger partial charge on any atom is -0.496 e. The van der Waals surface area contributed by atoms with Gasteiger partial charge in [0.1, 0.15) is 17.3 Å². The Labute approximate surface area is 174 Å². The highest BCUT2D eigenvalue weighted by Gasteiger charge is 2.35. The standard InChI is InChI=1S/C22H16F4O3S/c1-28-18-9-8-14(19-7-4-10-30-19)21(29-2)15(18)11-13(12-27)20-16(22(24,25)26)5-3-6-17(20)23/h3-12H,1-2H3/b13-11+. The molecule has 0 saturated heterocycles. The highest BCUT2D eigenvalue weighted by atomic mass is 32.1. The number of methoxy groups -OCH3 is 2. The lowest BCUT2D eigenvalue weighted by molar-refractivity contribution is -0.137. The molecule has 8 heteroatoms. The number of carbonyl (C=O) groups excluding carboxylic acids is 1. The summed E-state index contributed by atoms with van der Waals surface area (Å²) in [5, 5.41) is 1.86. The lowest BCUT2D eigenvalue weighted by Gasteiger charge is -2.16. The summed E-state index contributed by atoms with van der Waals surface area (Å²) in [5.74, 6) is -0.604. The summed E-state index contributed by atoms with van der Waals surface area (Å²) in [6.07, 6.45) is -3.51. The third-order valence-electron chi connectivity index (χ3n) is 4.40. The Kier molecular flexibility index (Phi) is 6.26. The van der Waals surface area contributed by atoms with Crippen molar-refractivity contribution in [1.29, 1.82) is 0 Å². The summed E-state index contributed by atoms with van der Waals surface area (Å²) in [5.41, 5.74) is -1.67. The molecule has 0 atom stereocenters. The van der Waals surface area contributed by atoms with Crippen LogP contribution < -0.4 is 9.47 Å². The first-order chi connectivity index (χ1) is 14.3. The predicted octanol–water partition coefficient (Wildman–Crippen LogP) is 6.33. The van der Waals surface area contributed by atoms with Gasteiger partial charge in [-0.1, -0.05) is 12.1 Å². The zero-order chi connectivity index (χ0) is 21.9. The molecule has 0 aliphatic carbocycles. The third kappa shape index (κ3) is 4.09. The van der Waals surface area contributed by atoms with E-state index in [1.54, 1.807) is 12.1 Å². The fraction of sp³-hybridized carbons (Fsp3) is 0.136. The number of halogens is 4. The van der Waals surface area contributed by atoms with Crippen LogP contribution in [0.3, 0.4) is 0 Å². The predicted molar refractivity (Wildman–Crippen MR) is 108 cm³/mol. The highest BCUT2D eigenvalue weighted by Crippen LogP contribution is 2.43. The number of carbonyl (C=O) groups is 1. The first kappa shape index (κ1) is 21.6. The minimum absolute atomic E-state index is 0.185. The molecular formula is C22H16F4O3S. The Morgan fingerprint density at radius 2 is 1.80 bits per heavy atom. The van der Waals surface area contributed by atoms with Crippen molar-refractivity contribution in [3.8, 4) is 21.9 Å². The molecule has 0 saturated carbocycles. The lowest BCUT2D eigenvalue weighted by Crippen LogP contribution is -2.11.